The van der Waals surface area contributed by atoms with E-state index in [0.717, 1.165) is 12.8 Å². The van der Waals surface area contributed by atoms with Crippen LogP contribution in [0.25, 0.3) is 0 Å². The van der Waals surface area contributed by atoms with Crippen molar-refractivity contribution in [1.29, 1.82) is 0 Å². The number of nitrogens with one attached hydrogen (secondary N) is 1. The van der Waals surface area contributed by atoms with Gasteiger partial charge in [-0.25, -0.2) is 4.79 Å². The van der Waals surface area contributed by atoms with Crippen LogP contribution in [0.3, 0.4) is 0 Å². The van der Waals surface area contributed by atoms with Crippen molar-refractivity contribution in [3.63, 3.8) is 0 Å². The first-order valence-electron chi connectivity index (χ1n) is 7.78. The molecule has 2 rings (SSSR count). The van der Waals surface area contributed by atoms with Crippen molar-refractivity contribution in [1.82, 2.24) is 0 Å². The third-order valence-electron chi connectivity index (χ3n) is 3.52. The number of carbonyl (C=O) groups is 2. The van der Waals surface area contributed by atoms with Gasteiger partial charge in [0.05, 0.1) is 22.2 Å². The van der Waals surface area contributed by atoms with Crippen LogP contribution in [0.15, 0.2) is 33.2 Å². The van der Waals surface area contributed by atoms with Crippen molar-refractivity contribution >= 4 is 33.5 Å². The van der Waals surface area contributed by atoms with Crippen molar-refractivity contribution in [3.8, 4) is 0 Å². The van der Waals surface area contributed by atoms with Crippen LogP contribution in [-0.4, -0.2) is 18.5 Å². The lowest BCUT2D eigenvalue weighted by Gasteiger charge is -2.07. The van der Waals surface area contributed by atoms with Crippen LogP contribution in [0, 0.1) is 13.8 Å². The van der Waals surface area contributed by atoms with E-state index < -0.39 is 0 Å². The number of halogens is 1. The number of rotatable bonds is 6. The van der Waals surface area contributed by atoms with Gasteiger partial charge in [0, 0.05) is 5.69 Å². The molecule has 1 heterocycles. The molecule has 24 heavy (non-hydrogen) atoms. The molecule has 0 aliphatic rings. The Hall–Kier alpha value is -2.08. The zero-order valence-electron chi connectivity index (χ0n) is 13.9. The Morgan fingerprint density at radius 2 is 1.83 bits per heavy atom. The Labute approximate surface area is 149 Å². The van der Waals surface area contributed by atoms with E-state index in [4.69, 9.17) is 9.15 Å². The number of esters is 1. The lowest BCUT2D eigenvalue weighted by molar-refractivity contribution is 0.0499. The Morgan fingerprint density at radius 3 is 2.38 bits per heavy atom. The first kappa shape index (κ1) is 18.3. The number of aryl methyl sites for hydroxylation is 2. The van der Waals surface area contributed by atoms with Gasteiger partial charge in [-0.3, -0.25) is 4.79 Å². The molecule has 2 aromatic rings. The maximum Gasteiger partial charge on any atom is 0.338 e. The molecule has 0 saturated carbocycles. The molecule has 0 unspecified atom stereocenters. The number of anilines is 1. The number of hydrogen-bond donors (Lipinski definition) is 1. The summed E-state index contributed by atoms with van der Waals surface area (Å²) in [7, 11) is 0. The highest BCUT2D eigenvalue weighted by atomic mass is 79.9. The maximum absolute atomic E-state index is 12.4. The van der Waals surface area contributed by atoms with Crippen molar-refractivity contribution < 1.29 is 18.7 Å². The zero-order chi connectivity index (χ0) is 17.7. The molecule has 1 aromatic carbocycles. The number of carbonyl (C=O) groups excluding carboxylic acids is 2. The molecule has 0 aliphatic carbocycles. The van der Waals surface area contributed by atoms with E-state index in [0.29, 0.717) is 39.4 Å². The minimum atomic E-state index is -0.356. The van der Waals surface area contributed by atoms with Crippen molar-refractivity contribution in [2.75, 3.05) is 11.9 Å². The molecule has 0 spiro atoms. The molecule has 0 fully saturated rings. The zero-order valence-corrected chi connectivity index (χ0v) is 15.5. The van der Waals surface area contributed by atoms with E-state index in [1.807, 2.05) is 6.92 Å². The van der Waals surface area contributed by atoms with Crippen LogP contribution in [0.4, 0.5) is 5.69 Å². The molecule has 0 saturated heterocycles. The minimum Gasteiger partial charge on any atom is -0.465 e. The Balaban J connectivity index is 2.03. The van der Waals surface area contributed by atoms with Crippen LogP contribution in [0.5, 0.6) is 0 Å². The summed E-state index contributed by atoms with van der Waals surface area (Å²) in [4.78, 5) is 24.2. The number of unbranched alkanes of at least 4 members (excludes halogenated alkanes) is 1. The lowest BCUT2D eigenvalue weighted by atomic mass is 10.2. The molecule has 6 heteroatoms. The average Bonchev–Trinajstić information content (AvgIpc) is 2.80. The van der Waals surface area contributed by atoms with E-state index >= 15 is 0 Å². The largest absolute Gasteiger partial charge is 0.465 e. The van der Waals surface area contributed by atoms with E-state index in [1.165, 1.54) is 0 Å². The fourth-order valence-corrected chi connectivity index (χ4v) is 2.73. The van der Waals surface area contributed by atoms with Crippen molar-refractivity contribution in [3.05, 3.63) is 51.4 Å². The van der Waals surface area contributed by atoms with Gasteiger partial charge < -0.3 is 14.5 Å². The lowest BCUT2D eigenvalue weighted by Crippen LogP contribution is -2.13. The molecule has 128 valence electrons. The third-order valence-corrected chi connectivity index (χ3v) is 4.48. The van der Waals surface area contributed by atoms with Gasteiger partial charge in [-0.05, 0) is 60.5 Å². The molecule has 5 nitrogen and oxygen atoms in total. The second-order valence-electron chi connectivity index (χ2n) is 5.42. The first-order valence-corrected chi connectivity index (χ1v) is 8.57. The topological polar surface area (TPSA) is 68.5 Å². The summed E-state index contributed by atoms with van der Waals surface area (Å²) in [5, 5.41) is 2.79. The number of ether oxygens (including phenoxy) is 1. The highest BCUT2D eigenvalue weighted by molar-refractivity contribution is 9.10. The monoisotopic (exact) mass is 393 g/mol. The highest BCUT2D eigenvalue weighted by Crippen LogP contribution is 2.28. The maximum atomic E-state index is 12.4. The van der Waals surface area contributed by atoms with Gasteiger partial charge in [0.1, 0.15) is 11.5 Å². The van der Waals surface area contributed by atoms with E-state index in [1.54, 1.807) is 38.1 Å². The third kappa shape index (κ3) is 4.26. The first-order chi connectivity index (χ1) is 11.4. The summed E-state index contributed by atoms with van der Waals surface area (Å²) in [5.74, 6) is 0.579. The predicted octanol–water partition coefficient (Wildman–Crippen LogP) is 4.87. The van der Waals surface area contributed by atoms with Crippen molar-refractivity contribution in [2.45, 2.75) is 33.6 Å². The van der Waals surface area contributed by atoms with Gasteiger partial charge in [0.25, 0.3) is 5.91 Å². The predicted molar refractivity (Wildman–Crippen MR) is 95.5 cm³/mol. The van der Waals surface area contributed by atoms with Gasteiger partial charge >= 0.3 is 5.97 Å². The van der Waals surface area contributed by atoms with Crippen LogP contribution in [0.1, 0.15) is 52.0 Å². The van der Waals surface area contributed by atoms with Gasteiger partial charge in [-0.1, -0.05) is 13.3 Å². The summed E-state index contributed by atoms with van der Waals surface area (Å²) in [6.45, 7) is 5.97. The standard InChI is InChI=1S/C18H20BrNO4/c1-4-5-10-23-18(22)13-6-8-14(9-7-13)20-17(21)15-11(2)24-12(3)16(15)19/h6-9H,4-5,10H2,1-3H3,(H,20,21). The van der Waals surface area contributed by atoms with E-state index in [9.17, 15) is 9.59 Å². The Kier molecular flexibility index (Phi) is 6.20. The molecule has 1 amide bonds. The summed E-state index contributed by atoms with van der Waals surface area (Å²) in [5.41, 5.74) is 1.52. The quantitative estimate of drug-likeness (QED) is 0.561. The summed E-state index contributed by atoms with van der Waals surface area (Å²) >= 11 is 3.36. The van der Waals surface area contributed by atoms with Gasteiger partial charge in [0.2, 0.25) is 0 Å². The average molecular weight is 394 g/mol. The second-order valence-corrected chi connectivity index (χ2v) is 6.22. The van der Waals surface area contributed by atoms with Crippen LogP contribution < -0.4 is 5.32 Å². The normalized spacial score (nSPS) is 10.5. The van der Waals surface area contributed by atoms with Crippen LogP contribution >= 0.6 is 15.9 Å². The number of hydrogen-bond acceptors (Lipinski definition) is 4. The van der Waals surface area contributed by atoms with E-state index in [-0.39, 0.29) is 11.9 Å². The second kappa shape index (κ2) is 8.15. The Bertz CT molecular complexity index is 734. The van der Waals surface area contributed by atoms with E-state index in [2.05, 4.69) is 21.2 Å². The van der Waals surface area contributed by atoms with Gasteiger partial charge in [-0.2, -0.15) is 0 Å². The van der Waals surface area contributed by atoms with Gasteiger partial charge in [0.15, 0.2) is 0 Å². The molecule has 1 N–H and O–H groups in total. The SMILES string of the molecule is CCCCOC(=O)c1ccc(NC(=O)c2c(C)oc(C)c2Br)cc1. The summed E-state index contributed by atoms with van der Waals surface area (Å²) in [6, 6.07) is 6.60. The molecule has 0 atom stereocenters. The van der Waals surface area contributed by atoms with Crippen molar-refractivity contribution in [2.24, 2.45) is 0 Å². The number of benzene rings is 1. The Morgan fingerprint density at radius 1 is 1.17 bits per heavy atom. The number of amides is 1. The smallest absolute Gasteiger partial charge is 0.338 e. The number of furan rings is 1. The van der Waals surface area contributed by atoms with Gasteiger partial charge in [-0.15, -0.1) is 0 Å². The molecule has 1 aromatic heterocycles. The fourth-order valence-electron chi connectivity index (χ4n) is 2.19. The minimum absolute atomic E-state index is 0.269. The molecule has 0 bridgehead atoms. The highest BCUT2D eigenvalue weighted by Gasteiger charge is 2.20. The summed E-state index contributed by atoms with van der Waals surface area (Å²) < 4.78 is 11.2. The fraction of sp³-hybridized carbons (Fsp3) is 0.333. The molecule has 0 aliphatic heterocycles. The van der Waals surface area contributed by atoms with Crippen LogP contribution in [0.2, 0.25) is 0 Å². The van der Waals surface area contributed by atoms with Crippen LogP contribution in [-0.2, 0) is 4.74 Å². The molecular formula is C18H20BrNO4. The molecule has 0 radical (unpaired) electrons. The molecular weight excluding hydrogens is 374 g/mol. The summed E-state index contributed by atoms with van der Waals surface area (Å²) in [6.07, 6.45) is 1.82.